The minimum Gasteiger partial charge on any atom is -0.406 e. The van der Waals surface area contributed by atoms with E-state index in [4.69, 9.17) is 17.0 Å². The van der Waals surface area contributed by atoms with Crippen molar-refractivity contribution in [2.45, 2.75) is 70.3 Å². The van der Waals surface area contributed by atoms with Crippen LogP contribution in [0.1, 0.15) is 63.0 Å². The van der Waals surface area contributed by atoms with Crippen molar-refractivity contribution in [3.63, 3.8) is 0 Å². The molecule has 2 aromatic carbocycles. The Bertz CT molecular complexity index is 1040. The number of fused-ring (bicyclic) bond motifs is 1. The summed E-state index contributed by atoms with van der Waals surface area (Å²) in [4.78, 5) is 2.20. The summed E-state index contributed by atoms with van der Waals surface area (Å²) in [6, 6.07) is 12.3. The van der Waals surface area contributed by atoms with E-state index in [1.165, 1.54) is 12.1 Å². The molecule has 1 heterocycles. The van der Waals surface area contributed by atoms with Gasteiger partial charge >= 0.3 is 6.36 Å². The number of amidine groups is 1. The first-order chi connectivity index (χ1) is 16.1. The summed E-state index contributed by atoms with van der Waals surface area (Å²) in [7, 11) is 0. The van der Waals surface area contributed by atoms with Crippen LogP contribution in [-0.4, -0.2) is 24.3 Å². The van der Waals surface area contributed by atoms with Gasteiger partial charge < -0.3 is 15.0 Å². The van der Waals surface area contributed by atoms with Crippen LogP contribution in [0.15, 0.2) is 42.5 Å². The minimum atomic E-state index is -4.69. The first-order valence-corrected chi connectivity index (χ1v) is 12.2. The Labute approximate surface area is 203 Å². The quantitative estimate of drug-likeness (QED) is 0.460. The Kier molecular flexibility index (Phi) is 7.15. The standard InChI is InChI=1S/C26H31ClF3N3O/c1-3-25(2,33-23-12-11-21(27)13-19(23)15-32-16-24(33)31)20-9-7-17(8-10-20)18-5-4-6-22(14-18)34-26(28,29)30/h4-6,11-14,17,20,31-32H,3,7-10,15-16H2,1-2H3/t17-,20-,25?. The molecule has 1 fully saturated rings. The first kappa shape index (κ1) is 24.9. The lowest BCUT2D eigenvalue weighted by Gasteiger charge is -2.49. The molecule has 1 aliphatic carbocycles. The van der Waals surface area contributed by atoms with E-state index in [9.17, 15) is 13.2 Å². The van der Waals surface area contributed by atoms with Gasteiger partial charge in [-0.25, -0.2) is 0 Å². The highest BCUT2D eigenvalue weighted by Crippen LogP contribution is 2.46. The average molecular weight is 494 g/mol. The molecule has 2 aliphatic rings. The molecule has 34 heavy (non-hydrogen) atoms. The Morgan fingerprint density at radius 1 is 1.09 bits per heavy atom. The molecular weight excluding hydrogens is 463 g/mol. The first-order valence-electron chi connectivity index (χ1n) is 11.8. The molecule has 0 radical (unpaired) electrons. The molecule has 8 heteroatoms. The Hall–Kier alpha value is -2.25. The van der Waals surface area contributed by atoms with E-state index in [2.05, 4.69) is 28.8 Å². The van der Waals surface area contributed by atoms with Gasteiger partial charge in [0.1, 0.15) is 11.6 Å². The second-order valence-corrected chi connectivity index (χ2v) is 9.97. The van der Waals surface area contributed by atoms with Crippen LogP contribution in [0, 0.1) is 11.3 Å². The highest BCUT2D eigenvalue weighted by Gasteiger charge is 2.43. The summed E-state index contributed by atoms with van der Waals surface area (Å²) in [5, 5.41) is 12.9. The van der Waals surface area contributed by atoms with Crippen molar-refractivity contribution < 1.29 is 17.9 Å². The molecule has 184 valence electrons. The van der Waals surface area contributed by atoms with Crippen LogP contribution in [0.25, 0.3) is 0 Å². The van der Waals surface area contributed by atoms with Gasteiger partial charge in [-0.15, -0.1) is 13.2 Å². The van der Waals surface area contributed by atoms with Crippen LogP contribution in [-0.2, 0) is 6.54 Å². The van der Waals surface area contributed by atoms with Gasteiger partial charge in [-0.05, 0) is 92.3 Å². The molecule has 1 saturated carbocycles. The third-order valence-electron chi connectivity index (χ3n) is 7.56. The van der Waals surface area contributed by atoms with Crippen LogP contribution in [0.3, 0.4) is 0 Å². The summed E-state index contributed by atoms with van der Waals surface area (Å²) in [5.74, 6) is 0.937. The number of anilines is 1. The maximum atomic E-state index is 12.6. The van der Waals surface area contributed by atoms with Gasteiger partial charge in [0.2, 0.25) is 0 Å². The monoisotopic (exact) mass is 493 g/mol. The largest absolute Gasteiger partial charge is 0.573 e. The van der Waals surface area contributed by atoms with Crippen molar-refractivity contribution >= 4 is 23.1 Å². The highest BCUT2D eigenvalue weighted by atomic mass is 35.5. The van der Waals surface area contributed by atoms with Crippen molar-refractivity contribution in [1.29, 1.82) is 5.41 Å². The molecule has 2 N–H and O–H groups in total. The normalized spacial score (nSPS) is 23.1. The second kappa shape index (κ2) is 9.78. The number of nitrogens with zero attached hydrogens (tertiary/aromatic N) is 1. The van der Waals surface area contributed by atoms with Gasteiger partial charge in [0.05, 0.1) is 6.54 Å². The zero-order valence-electron chi connectivity index (χ0n) is 19.5. The van der Waals surface area contributed by atoms with Crippen molar-refractivity contribution in [2.24, 2.45) is 5.92 Å². The third kappa shape index (κ3) is 5.20. The SMILES string of the molecule is CCC(C)([C@H]1CC[C@H](c2cccc(OC(F)(F)F)c2)CC1)N1C(=N)CNCc2cc(Cl)ccc21. The van der Waals surface area contributed by atoms with Crippen molar-refractivity contribution in [3.8, 4) is 5.75 Å². The maximum Gasteiger partial charge on any atom is 0.573 e. The number of halogens is 4. The van der Waals surface area contributed by atoms with Gasteiger partial charge in [0.15, 0.2) is 0 Å². The third-order valence-corrected chi connectivity index (χ3v) is 7.79. The second-order valence-electron chi connectivity index (χ2n) is 9.54. The van der Waals surface area contributed by atoms with Gasteiger partial charge in [0.25, 0.3) is 0 Å². The highest BCUT2D eigenvalue weighted by molar-refractivity contribution is 6.30. The summed E-state index contributed by atoms with van der Waals surface area (Å²) in [5.41, 5.74) is 2.76. The predicted octanol–water partition coefficient (Wildman–Crippen LogP) is 7.27. The fraction of sp³-hybridized carbons (Fsp3) is 0.500. The smallest absolute Gasteiger partial charge is 0.406 e. The topological polar surface area (TPSA) is 48.4 Å². The van der Waals surface area contributed by atoms with E-state index in [1.54, 1.807) is 6.07 Å². The molecular formula is C26H31ClF3N3O. The number of alkyl halides is 3. The van der Waals surface area contributed by atoms with E-state index in [-0.39, 0.29) is 17.2 Å². The van der Waals surface area contributed by atoms with Crippen molar-refractivity contribution in [2.75, 3.05) is 11.4 Å². The van der Waals surface area contributed by atoms with Gasteiger partial charge in [-0.3, -0.25) is 5.41 Å². The van der Waals surface area contributed by atoms with Crippen molar-refractivity contribution in [3.05, 3.63) is 58.6 Å². The fourth-order valence-corrected chi connectivity index (χ4v) is 5.88. The van der Waals surface area contributed by atoms with E-state index >= 15 is 0 Å². The number of rotatable bonds is 5. The molecule has 0 aromatic heterocycles. The predicted molar refractivity (Wildman–Crippen MR) is 130 cm³/mol. The van der Waals surface area contributed by atoms with Gasteiger partial charge in [-0.2, -0.15) is 0 Å². The molecule has 1 unspecified atom stereocenters. The number of benzene rings is 2. The van der Waals surface area contributed by atoms with E-state index < -0.39 is 6.36 Å². The molecule has 1 aliphatic heterocycles. The molecule has 0 spiro atoms. The zero-order valence-corrected chi connectivity index (χ0v) is 20.3. The number of hydrogen-bond donors (Lipinski definition) is 2. The maximum absolute atomic E-state index is 12.6. The van der Waals surface area contributed by atoms with Crippen LogP contribution < -0.4 is 15.0 Å². The fourth-order valence-electron chi connectivity index (χ4n) is 5.68. The van der Waals surface area contributed by atoms with Crippen molar-refractivity contribution in [1.82, 2.24) is 5.32 Å². The number of ether oxygens (including phenoxy) is 1. The average Bonchev–Trinajstić information content (AvgIpc) is 2.95. The molecule has 0 amide bonds. The number of hydrogen-bond acceptors (Lipinski definition) is 3. The van der Waals surface area contributed by atoms with E-state index in [1.807, 2.05) is 24.3 Å². The van der Waals surface area contributed by atoms with Crippen LogP contribution >= 0.6 is 11.6 Å². The van der Waals surface area contributed by atoms with Gasteiger partial charge in [-0.1, -0.05) is 30.7 Å². The molecule has 0 bridgehead atoms. The van der Waals surface area contributed by atoms with Crippen LogP contribution in [0.2, 0.25) is 5.02 Å². The lowest BCUT2D eigenvalue weighted by Crippen LogP contribution is -2.56. The Balaban J connectivity index is 1.54. The zero-order chi connectivity index (χ0) is 24.5. The van der Waals surface area contributed by atoms with E-state index in [0.29, 0.717) is 29.9 Å². The van der Waals surface area contributed by atoms with Gasteiger partial charge in [0, 0.05) is 22.8 Å². The summed E-state index contributed by atoms with van der Waals surface area (Å²) in [6.07, 6.45) is -0.141. The number of nitrogens with one attached hydrogen (secondary N) is 2. The molecule has 1 atom stereocenters. The molecule has 2 aromatic rings. The van der Waals surface area contributed by atoms with E-state index in [0.717, 1.165) is 48.9 Å². The summed E-state index contributed by atoms with van der Waals surface area (Å²) < 4.78 is 42.1. The van der Waals surface area contributed by atoms with Crippen LogP contribution in [0.4, 0.5) is 18.9 Å². The minimum absolute atomic E-state index is 0.161. The summed E-state index contributed by atoms with van der Waals surface area (Å²) >= 11 is 6.26. The molecule has 0 saturated heterocycles. The Morgan fingerprint density at radius 2 is 1.82 bits per heavy atom. The lowest BCUT2D eigenvalue weighted by molar-refractivity contribution is -0.274. The lowest BCUT2D eigenvalue weighted by atomic mass is 9.69. The molecule has 4 rings (SSSR count). The van der Waals surface area contributed by atoms with Crippen LogP contribution in [0.5, 0.6) is 5.75 Å². The molecule has 4 nitrogen and oxygen atoms in total. The summed E-state index contributed by atoms with van der Waals surface area (Å²) in [6.45, 7) is 5.57. The Morgan fingerprint density at radius 3 is 2.50 bits per heavy atom.